The number of halogens is 2. The molecule has 1 rings (SSSR count). The molecule has 0 spiro atoms. The second kappa shape index (κ2) is 5.31. The molecule has 1 aromatic carbocycles. The number of amides is 1. The maximum atomic E-state index is 11.7. The van der Waals surface area contributed by atoms with Gasteiger partial charge in [-0.15, -0.1) is 0 Å². The summed E-state index contributed by atoms with van der Waals surface area (Å²) in [5.41, 5.74) is -0.400. The summed E-state index contributed by atoms with van der Waals surface area (Å²) in [7, 11) is 2.67. The average Bonchev–Trinajstić information content (AvgIpc) is 2.30. The number of nitro groups is 1. The summed E-state index contributed by atoms with van der Waals surface area (Å²) < 4.78 is 0. The van der Waals surface area contributed by atoms with Gasteiger partial charge in [0.15, 0.2) is 0 Å². The van der Waals surface area contributed by atoms with Crippen molar-refractivity contribution in [2.75, 3.05) is 14.2 Å². The highest BCUT2D eigenvalue weighted by atomic mass is 35.5. The van der Waals surface area contributed by atoms with Crippen LogP contribution < -0.4 is 0 Å². The van der Waals surface area contributed by atoms with Gasteiger partial charge in [-0.3, -0.25) is 19.7 Å². The van der Waals surface area contributed by atoms with E-state index in [0.717, 1.165) is 11.1 Å². The van der Waals surface area contributed by atoms with Gasteiger partial charge in [-0.25, -0.2) is 5.06 Å². The number of benzene rings is 1. The van der Waals surface area contributed by atoms with Crippen molar-refractivity contribution >= 4 is 34.8 Å². The van der Waals surface area contributed by atoms with E-state index >= 15 is 0 Å². The Hall–Kier alpha value is -1.37. The lowest BCUT2D eigenvalue weighted by Crippen LogP contribution is -2.25. The molecule has 0 aromatic heterocycles. The number of carbonyl (C=O) groups excluding carboxylic acids is 1. The van der Waals surface area contributed by atoms with Gasteiger partial charge in [0.05, 0.1) is 22.6 Å². The molecule has 8 heteroatoms. The van der Waals surface area contributed by atoms with E-state index in [0.29, 0.717) is 0 Å². The van der Waals surface area contributed by atoms with Crippen LogP contribution in [0.25, 0.3) is 0 Å². The second-order valence-electron chi connectivity index (χ2n) is 3.03. The van der Waals surface area contributed by atoms with Gasteiger partial charge in [0, 0.05) is 13.1 Å². The molecule has 0 heterocycles. The van der Waals surface area contributed by atoms with E-state index in [4.69, 9.17) is 23.2 Å². The summed E-state index contributed by atoms with van der Waals surface area (Å²) in [6.45, 7) is 0. The molecule has 0 fully saturated rings. The average molecular weight is 279 g/mol. The van der Waals surface area contributed by atoms with Crippen molar-refractivity contribution in [2.45, 2.75) is 0 Å². The van der Waals surface area contributed by atoms with Gasteiger partial charge in [0.1, 0.15) is 5.02 Å². The molecule has 0 aliphatic heterocycles. The minimum atomic E-state index is -0.711. The first-order chi connectivity index (χ1) is 7.88. The van der Waals surface area contributed by atoms with Crippen LogP contribution in [0.1, 0.15) is 10.4 Å². The fourth-order valence-electron chi connectivity index (χ4n) is 1.10. The molecule has 0 aliphatic rings. The molecular weight excluding hydrogens is 271 g/mol. The van der Waals surface area contributed by atoms with Gasteiger partial charge >= 0.3 is 0 Å². The third kappa shape index (κ3) is 2.85. The number of hydrogen-bond acceptors (Lipinski definition) is 4. The van der Waals surface area contributed by atoms with Crippen molar-refractivity contribution in [3.63, 3.8) is 0 Å². The van der Waals surface area contributed by atoms with Gasteiger partial charge in [0.25, 0.3) is 11.6 Å². The quantitative estimate of drug-likeness (QED) is 0.629. The Morgan fingerprint density at radius 3 is 2.53 bits per heavy atom. The lowest BCUT2D eigenvalue weighted by molar-refractivity contribution is -0.384. The summed E-state index contributed by atoms with van der Waals surface area (Å²) in [6.07, 6.45) is 0. The van der Waals surface area contributed by atoms with Crippen molar-refractivity contribution in [2.24, 2.45) is 0 Å². The van der Waals surface area contributed by atoms with E-state index in [1.807, 2.05) is 0 Å². The molecule has 6 nitrogen and oxygen atoms in total. The van der Waals surface area contributed by atoms with Crippen LogP contribution in [-0.4, -0.2) is 30.1 Å². The van der Waals surface area contributed by atoms with E-state index in [9.17, 15) is 14.9 Å². The Morgan fingerprint density at radius 1 is 1.47 bits per heavy atom. The van der Waals surface area contributed by atoms with Crippen LogP contribution in [-0.2, 0) is 4.84 Å². The predicted molar refractivity (Wildman–Crippen MR) is 62.2 cm³/mol. The van der Waals surface area contributed by atoms with Gasteiger partial charge < -0.3 is 0 Å². The van der Waals surface area contributed by atoms with Crippen LogP contribution >= 0.6 is 23.2 Å². The highest BCUT2D eigenvalue weighted by Crippen LogP contribution is 2.33. The molecule has 1 amide bonds. The van der Waals surface area contributed by atoms with Gasteiger partial charge in [0.2, 0.25) is 0 Å². The largest absolute Gasteiger partial charge is 0.290 e. The van der Waals surface area contributed by atoms with Crippen molar-refractivity contribution in [1.29, 1.82) is 0 Å². The summed E-state index contributed by atoms with van der Waals surface area (Å²) in [5, 5.41) is 11.4. The van der Waals surface area contributed by atoms with Crippen LogP contribution in [0.4, 0.5) is 5.69 Å². The Bertz CT molecular complexity index is 478. The van der Waals surface area contributed by atoms with Crippen molar-refractivity contribution in [1.82, 2.24) is 5.06 Å². The Balaban J connectivity index is 3.28. The molecular formula is C9H8Cl2N2O4. The molecule has 17 heavy (non-hydrogen) atoms. The predicted octanol–water partition coefficient (Wildman–Crippen LogP) is 2.54. The lowest BCUT2D eigenvalue weighted by atomic mass is 10.2. The molecule has 0 aliphatic carbocycles. The standard InChI is InChI=1S/C9H8Cl2N2O4/c1-12(17-2)9(14)5-3-6(10)8(11)7(4-5)13(15)16/h3-4H,1-2H3. The molecule has 92 valence electrons. The molecule has 0 atom stereocenters. The Morgan fingerprint density at radius 2 is 2.06 bits per heavy atom. The third-order valence-corrected chi connectivity index (χ3v) is 2.80. The third-order valence-electron chi connectivity index (χ3n) is 2.01. The maximum Gasteiger partial charge on any atom is 0.290 e. The van der Waals surface area contributed by atoms with Crippen LogP contribution in [0.15, 0.2) is 12.1 Å². The SMILES string of the molecule is CON(C)C(=O)c1cc(Cl)c(Cl)c([N+](=O)[O-])c1. The first kappa shape index (κ1) is 13.7. The first-order valence-corrected chi connectivity index (χ1v) is 5.09. The van der Waals surface area contributed by atoms with E-state index in [1.54, 1.807) is 0 Å². The normalized spacial score (nSPS) is 10.1. The molecule has 0 radical (unpaired) electrons. The van der Waals surface area contributed by atoms with E-state index in [1.165, 1.54) is 20.2 Å². The number of nitrogens with zero attached hydrogens (tertiary/aromatic N) is 2. The summed E-state index contributed by atoms with van der Waals surface area (Å²) in [5.74, 6) is -0.561. The van der Waals surface area contributed by atoms with Crippen LogP contribution in [0.3, 0.4) is 0 Å². The molecule has 1 aromatic rings. The highest BCUT2D eigenvalue weighted by molar-refractivity contribution is 6.43. The lowest BCUT2D eigenvalue weighted by Gasteiger charge is -2.13. The van der Waals surface area contributed by atoms with Crippen molar-refractivity contribution < 1.29 is 14.6 Å². The van der Waals surface area contributed by atoms with Crippen LogP contribution in [0, 0.1) is 10.1 Å². The molecule has 0 N–H and O–H groups in total. The van der Waals surface area contributed by atoms with Gasteiger partial charge in [-0.2, -0.15) is 0 Å². The summed E-state index contributed by atoms with van der Waals surface area (Å²) >= 11 is 11.4. The Kier molecular flexibility index (Phi) is 4.28. The Labute approximate surface area is 107 Å². The van der Waals surface area contributed by atoms with Crippen molar-refractivity contribution in [3.05, 3.63) is 37.9 Å². The highest BCUT2D eigenvalue weighted by Gasteiger charge is 2.21. The van der Waals surface area contributed by atoms with E-state index in [2.05, 4.69) is 4.84 Å². The molecule has 0 saturated heterocycles. The minimum absolute atomic E-state index is 0.0236. The van der Waals surface area contributed by atoms with E-state index in [-0.39, 0.29) is 15.6 Å². The van der Waals surface area contributed by atoms with Gasteiger partial charge in [-0.1, -0.05) is 23.2 Å². The van der Waals surface area contributed by atoms with Crippen molar-refractivity contribution in [3.8, 4) is 0 Å². The summed E-state index contributed by atoms with van der Waals surface area (Å²) in [4.78, 5) is 26.3. The van der Waals surface area contributed by atoms with Gasteiger partial charge in [-0.05, 0) is 6.07 Å². The first-order valence-electron chi connectivity index (χ1n) is 4.34. The zero-order chi connectivity index (χ0) is 13.2. The maximum absolute atomic E-state index is 11.7. The fourth-order valence-corrected chi connectivity index (χ4v) is 1.49. The number of rotatable bonds is 3. The molecule has 0 bridgehead atoms. The fraction of sp³-hybridized carbons (Fsp3) is 0.222. The number of hydrogen-bond donors (Lipinski definition) is 0. The number of hydroxylamine groups is 2. The monoisotopic (exact) mass is 278 g/mol. The molecule has 0 saturated carbocycles. The molecule has 0 unspecified atom stereocenters. The second-order valence-corrected chi connectivity index (χ2v) is 3.82. The summed E-state index contributed by atoms with van der Waals surface area (Å²) in [6, 6.07) is 2.29. The topological polar surface area (TPSA) is 72.7 Å². The van der Waals surface area contributed by atoms with E-state index < -0.39 is 16.5 Å². The number of carbonyl (C=O) groups is 1. The zero-order valence-electron chi connectivity index (χ0n) is 8.94. The zero-order valence-corrected chi connectivity index (χ0v) is 10.4. The number of nitro benzene ring substituents is 1. The minimum Gasteiger partial charge on any atom is -0.274 e. The van der Waals surface area contributed by atoms with Crippen LogP contribution in [0.5, 0.6) is 0 Å². The van der Waals surface area contributed by atoms with Crippen LogP contribution in [0.2, 0.25) is 10.0 Å². The smallest absolute Gasteiger partial charge is 0.274 e.